The molecular weight excluding hydrogens is 169 g/mol. The molecule has 1 N–H and O–H groups in total. The van der Waals surface area contributed by atoms with Crippen molar-refractivity contribution in [2.75, 3.05) is 0 Å². The number of hydrogen-bond acceptors (Lipinski definition) is 0. The summed E-state index contributed by atoms with van der Waals surface area (Å²) < 4.78 is 0. The van der Waals surface area contributed by atoms with Crippen LogP contribution in [0, 0.1) is 13.8 Å². The average molecular weight is 177 g/mol. The number of rotatable bonds is 0. The fourth-order valence-electron chi connectivity index (χ4n) is 0.728. The molecule has 0 saturated carbocycles. The van der Waals surface area contributed by atoms with E-state index in [1.807, 2.05) is 13.8 Å². The molecule has 54 valence electrons. The Bertz CT molecular complexity index is 208. The molecule has 0 unspecified atom stereocenters. The minimum atomic E-state index is 0.676. The summed E-state index contributed by atoms with van der Waals surface area (Å²) in [4.78, 5) is 3.04. The quantitative estimate of drug-likeness (QED) is 0.577. The molecule has 1 nitrogen and oxygen atoms in total. The lowest BCUT2D eigenvalue weighted by Gasteiger charge is -1.93. The molecule has 3 heteroatoms. The van der Waals surface area contributed by atoms with Gasteiger partial charge in [0.15, 0.2) is 11.4 Å². The van der Waals surface area contributed by atoms with E-state index >= 15 is 0 Å². The summed E-state index contributed by atoms with van der Waals surface area (Å²) in [6.07, 6.45) is 0. The van der Waals surface area contributed by atoms with Crippen molar-refractivity contribution < 1.29 is 4.98 Å². The largest absolute Gasteiger partial charge is 0.211 e. The zero-order valence-electron chi connectivity index (χ0n) is 5.83. The van der Waals surface area contributed by atoms with Crippen LogP contribution < -0.4 is 4.98 Å². The van der Waals surface area contributed by atoms with Gasteiger partial charge in [-0.1, -0.05) is 23.2 Å². The Morgan fingerprint density at radius 2 is 1.50 bits per heavy atom. The molecular formula is C7H8Cl2N+. The van der Waals surface area contributed by atoms with E-state index in [4.69, 9.17) is 23.2 Å². The first-order valence-electron chi connectivity index (χ1n) is 2.96. The van der Waals surface area contributed by atoms with Crippen LogP contribution >= 0.6 is 23.2 Å². The molecule has 1 aromatic rings. The molecule has 1 heterocycles. The topological polar surface area (TPSA) is 14.1 Å². The van der Waals surface area contributed by atoms with Crippen LogP contribution in [0.1, 0.15) is 11.4 Å². The molecule has 0 radical (unpaired) electrons. The molecule has 0 aliphatic rings. The van der Waals surface area contributed by atoms with E-state index in [-0.39, 0.29) is 0 Å². The number of pyridine rings is 1. The van der Waals surface area contributed by atoms with Crippen molar-refractivity contribution in [3.05, 3.63) is 27.5 Å². The standard InChI is InChI=1S/C7H7Cl2N/c1-4-6(8)3-7(9)5(2)10-4/h3H,1-2H3/p+1. The van der Waals surface area contributed by atoms with Gasteiger partial charge in [0.2, 0.25) is 0 Å². The fraction of sp³-hybridized carbons (Fsp3) is 0.286. The third-order valence-corrected chi connectivity index (χ3v) is 2.13. The summed E-state index contributed by atoms with van der Waals surface area (Å²) in [5, 5.41) is 1.35. The first kappa shape index (κ1) is 7.83. The number of aryl methyl sites for hydroxylation is 2. The Hall–Kier alpha value is -0.270. The van der Waals surface area contributed by atoms with Crippen LogP contribution in [0.2, 0.25) is 10.0 Å². The summed E-state index contributed by atoms with van der Waals surface area (Å²) in [5.74, 6) is 0. The monoisotopic (exact) mass is 176 g/mol. The van der Waals surface area contributed by atoms with E-state index < -0.39 is 0 Å². The lowest BCUT2D eigenvalue weighted by molar-refractivity contribution is -0.396. The molecule has 0 spiro atoms. The van der Waals surface area contributed by atoms with Gasteiger partial charge < -0.3 is 0 Å². The maximum absolute atomic E-state index is 5.77. The Morgan fingerprint density at radius 3 is 1.80 bits per heavy atom. The van der Waals surface area contributed by atoms with E-state index in [1.165, 1.54) is 0 Å². The normalized spacial score (nSPS) is 10.0. The molecule has 0 aliphatic heterocycles. The highest BCUT2D eigenvalue weighted by Crippen LogP contribution is 2.17. The van der Waals surface area contributed by atoms with E-state index in [9.17, 15) is 0 Å². The van der Waals surface area contributed by atoms with Gasteiger partial charge in [-0.15, -0.1) is 0 Å². The van der Waals surface area contributed by atoms with Crippen molar-refractivity contribution in [2.45, 2.75) is 13.8 Å². The SMILES string of the molecule is Cc1[nH+]c(C)c(Cl)cc1Cl. The first-order chi connectivity index (χ1) is 4.61. The Labute approximate surface area is 70.0 Å². The van der Waals surface area contributed by atoms with Crippen LogP contribution in [-0.2, 0) is 0 Å². The van der Waals surface area contributed by atoms with Crippen LogP contribution in [-0.4, -0.2) is 0 Å². The van der Waals surface area contributed by atoms with E-state index in [2.05, 4.69) is 4.98 Å². The molecule has 0 fully saturated rings. The van der Waals surface area contributed by atoms with Crippen molar-refractivity contribution in [1.82, 2.24) is 0 Å². The second kappa shape index (κ2) is 2.77. The Morgan fingerprint density at radius 1 is 1.10 bits per heavy atom. The number of aromatic amines is 1. The molecule has 0 saturated heterocycles. The second-order valence-corrected chi connectivity index (χ2v) is 3.03. The van der Waals surface area contributed by atoms with Crippen molar-refractivity contribution in [3.8, 4) is 0 Å². The second-order valence-electron chi connectivity index (χ2n) is 2.22. The van der Waals surface area contributed by atoms with Crippen LogP contribution in [0.4, 0.5) is 0 Å². The predicted molar refractivity (Wildman–Crippen MR) is 42.5 cm³/mol. The highest BCUT2D eigenvalue weighted by molar-refractivity contribution is 6.34. The maximum Gasteiger partial charge on any atom is 0.195 e. The number of halogens is 2. The number of hydrogen-bond donors (Lipinski definition) is 0. The van der Waals surface area contributed by atoms with Gasteiger partial charge in [-0.2, -0.15) is 0 Å². The smallest absolute Gasteiger partial charge is 0.195 e. The van der Waals surface area contributed by atoms with Crippen LogP contribution in [0.25, 0.3) is 0 Å². The number of H-pyrrole nitrogens is 1. The van der Waals surface area contributed by atoms with E-state index in [1.54, 1.807) is 6.07 Å². The van der Waals surface area contributed by atoms with Crippen LogP contribution in [0.3, 0.4) is 0 Å². The van der Waals surface area contributed by atoms with E-state index in [0.717, 1.165) is 11.4 Å². The molecule has 0 atom stereocenters. The van der Waals surface area contributed by atoms with Crippen molar-refractivity contribution in [3.63, 3.8) is 0 Å². The number of nitrogens with one attached hydrogen (secondary N) is 1. The molecule has 1 aromatic heterocycles. The molecule has 1 rings (SSSR count). The highest BCUT2D eigenvalue weighted by atomic mass is 35.5. The zero-order valence-corrected chi connectivity index (χ0v) is 7.35. The minimum Gasteiger partial charge on any atom is -0.211 e. The molecule has 0 aliphatic carbocycles. The zero-order chi connectivity index (χ0) is 7.72. The third kappa shape index (κ3) is 1.41. The summed E-state index contributed by atoms with van der Waals surface area (Å²) in [6, 6.07) is 1.74. The van der Waals surface area contributed by atoms with Gasteiger partial charge in [-0.3, -0.25) is 0 Å². The first-order valence-corrected chi connectivity index (χ1v) is 3.71. The minimum absolute atomic E-state index is 0.676. The van der Waals surface area contributed by atoms with Crippen molar-refractivity contribution in [1.29, 1.82) is 0 Å². The maximum atomic E-state index is 5.77. The molecule has 0 bridgehead atoms. The molecule has 0 amide bonds. The summed E-state index contributed by atoms with van der Waals surface area (Å²) >= 11 is 11.5. The van der Waals surface area contributed by atoms with Gasteiger partial charge in [0.1, 0.15) is 10.0 Å². The lowest BCUT2D eigenvalue weighted by Crippen LogP contribution is -2.12. The van der Waals surface area contributed by atoms with Gasteiger partial charge in [-0.05, 0) is 6.07 Å². The number of aromatic nitrogens is 1. The van der Waals surface area contributed by atoms with Gasteiger partial charge in [0.05, 0.1) is 0 Å². The average Bonchev–Trinajstić information content (AvgIpc) is 1.84. The van der Waals surface area contributed by atoms with Crippen LogP contribution in [0.15, 0.2) is 6.07 Å². The van der Waals surface area contributed by atoms with Gasteiger partial charge >= 0.3 is 0 Å². The predicted octanol–water partition coefficient (Wildman–Crippen LogP) is 2.42. The van der Waals surface area contributed by atoms with Crippen molar-refractivity contribution in [2.24, 2.45) is 0 Å². The summed E-state index contributed by atoms with van der Waals surface area (Å²) in [6.45, 7) is 3.82. The molecule has 0 aromatic carbocycles. The van der Waals surface area contributed by atoms with E-state index in [0.29, 0.717) is 10.0 Å². The Balaban J connectivity index is 3.28. The summed E-state index contributed by atoms with van der Waals surface area (Å²) in [5.41, 5.74) is 1.90. The Kier molecular flexibility index (Phi) is 2.17. The molecule has 10 heavy (non-hydrogen) atoms. The summed E-state index contributed by atoms with van der Waals surface area (Å²) in [7, 11) is 0. The fourth-order valence-corrected chi connectivity index (χ4v) is 1.10. The highest BCUT2D eigenvalue weighted by Gasteiger charge is 2.07. The van der Waals surface area contributed by atoms with Gasteiger partial charge in [0, 0.05) is 13.8 Å². The van der Waals surface area contributed by atoms with Crippen LogP contribution in [0.5, 0.6) is 0 Å². The van der Waals surface area contributed by atoms with Gasteiger partial charge in [0.25, 0.3) is 0 Å². The van der Waals surface area contributed by atoms with Gasteiger partial charge in [-0.25, -0.2) is 4.98 Å². The third-order valence-electron chi connectivity index (χ3n) is 1.34. The lowest BCUT2D eigenvalue weighted by atomic mass is 10.3. The van der Waals surface area contributed by atoms with Crippen molar-refractivity contribution >= 4 is 23.2 Å².